The Bertz CT molecular complexity index is 547. The molecule has 3 N–H and O–H groups in total. The minimum atomic E-state index is -3.73. The lowest BCUT2D eigenvalue weighted by atomic mass is 9.94. The van der Waals surface area contributed by atoms with Crippen molar-refractivity contribution < 1.29 is 13.5 Å². The second-order valence-electron chi connectivity index (χ2n) is 4.51. The van der Waals surface area contributed by atoms with E-state index in [0.29, 0.717) is 6.42 Å². The molecule has 1 aliphatic heterocycles. The van der Waals surface area contributed by atoms with Crippen LogP contribution in [0.1, 0.15) is 13.3 Å². The van der Waals surface area contributed by atoms with Crippen LogP contribution in [0.15, 0.2) is 23.1 Å². The number of halogens is 1. The zero-order valence-corrected chi connectivity index (χ0v) is 11.5. The van der Waals surface area contributed by atoms with Crippen molar-refractivity contribution >= 4 is 27.3 Å². The molecular formula is C11H15ClN2O3S. The van der Waals surface area contributed by atoms with Crippen LogP contribution >= 0.6 is 11.6 Å². The molecular weight excluding hydrogens is 276 g/mol. The van der Waals surface area contributed by atoms with Crippen LogP contribution < -0.4 is 5.73 Å². The van der Waals surface area contributed by atoms with Crippen LogP contribution in [-0.2, 0) is 10.0 Å². The standard InChI is InChI=1S/C11H15ClN2O3S/c1-2-11(15)6-14(7-11)18(16,17)10-8(12)4-3-5-9(10)13/h3-5,15H,2,6-7,13H2,1H3. The quantitative estimate of drug-likeness (QED) is 0.816. The molecule has 100 valence electrons. The lowest BCUT2D eigenvalue weighted by Crippen LogP contribution is -2.62. The average molecular weight is 291 g/mol. The van der Waals surface area contributed by atoms with E-state index in [1.165, 1.54) is 16.4 Å². The van der Waals surface area contributed by atoms with Gasteiger partial charge in [-0.2, -0.15) is 4.31 Å². The summed E-state index contributed by atoms with van der Waals surface area (Å²) in [4.78, 5) is -0.0789. The van der Waals surface area contributed by atoms with Gasteiger partial charge in [-0.15, -0.1) is 0 Å². The molecule has 0 unspecified atom stereocenters. The lowest BCUT2D eigenvalue weighted by molar-refractivity contribution is -0.0613. The molecule has 0 amide bonds. The van der Waals surface area contributed by atoms with E-state index in [9.17, 15) is 13.5 Å². The molecule has 1 saturated heterocycles. The van der Waals surface area contributed by atoms with Crippen molar-refractivity contribution in [1.82, 2.24) is 4.31 Å². The number of benzene rings is 1. The Balaban J connectivity index is 2.34. The van der Waals surface area contributed by atoms with Gasteiger partial charge in [0.2, 0.25) is 10.0 Å². The zero-order valence-electron chi connectivity index (χ0n) is 9.93. The van der Waals surface area contributed by atoms with Crippen LogP contribution in [-0.4, -0.2) is 36.5 Å². The van der Waals surface area contributed by atoms with Crippen molar-refractivity contribution in [3.8, 4) is 0 Å². The van der Waals surface area contributed by atoms with Gasteiger partial charge in [0.05, 0.1) is 16.3 Å². The van der Waals surface area contributed by atoms with E-state index in [-0.39, 0.29) is 28.7 Å². The topological polar surface area (TPSA) is 83.6 Å². The number of nitrogen functional groups attached to an aromatic ring is 1. The summed E-state index contributed by atoms with van der Waals surface area (Å²) < 4.78 is 25.8. The van der Waals surface area contributed by atoms with Gasteiger partial charge >= 0.3 is 0 Å². The first kappa shape index (κ1) is 13.6. The first-order valence-electron chi connectivity index (χ1n) is 5.57. The molecule has 5 nitrogen and oxygen atoms in total. The van der Waals surface area contributed by atoms with Crippen molar-refractivity contribution in [2.45, 2.75) is 23.8 Å². The number of hydrogen-bond donors (Lipinski definition) is 2. The molecule has 0 saturated carbocycles. The zero-order chi connectivity index (χ0) is 13.6. The second kappa shape index (κ2) is 4.38. The van der Waals surface area contributed by atoms with Gasteiger partial charge in [0.25, 0.3) is 0 Å². The van der Waals surface area contributed by atoms with E-state index in [4.69, 9.17) is 17.3 Å². The molecule has 0 aliphatic carbocycles. The molecule has 1 fully saturated rings. The van der Waals surface area contributed by atoms with Crippen LogP contribution in [0.3, 0.4) is 0 Å². The van der Waals surface area contributed by atoms with Crippen LogP contribution in [0.25, 0.3) is 0 Å². The highest BCUT2D eigenvalue weighted by molar-refractivity contribution is 7.89. The maximum atomic E-state index is 12.3. The maximum Gasteiger partial charge on any atom is 0.246 e. The third-order valence-electron chi connectivity index (χ3n) is 3.19. The number of aliphatic hydroxyl groups is 1. The van der Waals surface area contributed by atoms with E-state index >= 15 is 0 Å². The van der Waals surface area contributed by atoms with Crippen molar-refractivity contribution in [3.63, 3.8) is 0 Å². The predicted molar refractivity (Wildman–Crippen MR) is 69.9 cm³/mol. The Morgan fingerprint density at radius 2 is 2.11 bits per heavy atom. The molecule has 0 bridgehead atoms. The molecule has 0 aromatic heterocycles. The Labute approximate surface area is 111 Å². The SMILES string of the molecule is CCC1(O)CN(S(=O)(=O)c2c(N)cccc2Cl)C1. The van der Waals surface area contributed by atoms with Crippen molar-refractivity contribution in [2.75, 3.05) is 18.8 Å². The molecule has 1 aliphatic rings. The Kier molecular flexibility index (Phi) is 3.31. The molecule has 1 aromatic carbocycles. The number of sulfonamides is 1. The Morgan fingerprint density at radius 3 is 2.61 bits per heavy atom. The van der Waals surface area contributed by atoms with Crippen molar-refractivity contribution in [1.29, 1.82) is 0 Å². The smallest absolute Gasteiger partial charge is 0.246 e. The molecule has 0 atom stereocenters. The fourth-order valence-electron chi connectivity index (χ4n) is 1.93. The average Bonchev–Trinajstić information content (AvgIpc) is 2.24. The summed E-state index contributed by atoms with van der Waals surface area (Å²) in [5, 5.41) is 9.97. The van der Waals surface area contributed by atoms with Gasteiger partial charge < -0.3 is 10.8 Å². The Morgan fingerprint density at radius 1 is 1.50 bits per heavy atom. The van der Waals surface area contributed by atoms with Gasteiger partial charge in [0.1, 0.15) is 4.90 Å². The molecule has 7 heteroatoms. The predicted octanol–water partition coefficient (Wildman–Crippen LogP) is 1.07. The van der Waals surface area contributed by atoms with E-state index in [2.05, 4.69) is 0 Å². The normalized spacial score (nSPS) is 19.5. The summed E-state index contributed by atoms with van der Waals surface area (Å²) in [5.74, 6) is 0. The molecule has 0 radical (unpaired) electrons. The molecule has 0 spiro atoms. The van der Waals surface area contributed by atoms with Gasteiger partial charge in [0.15, 0.2) is 0 Å². The summed E-state index contributed by atoms with van der Waals surface area (Å²) >= 11 is 5.90. The third-order valence-corrected chi connectivity index (χ3v) is 5.53. The van der Waals surface area contributed by atoms with Crippen LogP contribution in [0, 0.1) is 0 Å². The minimum Gasteiger partial charge on any atom is -0.398 e. The fourth-order valence-corrected chi connectivity index (χ4v) is 4.16. The number of hydrogen-bond acceptors (Lipinski definition) is 4. The van der Waals surface area contributed by atoms with Crippen molar-refractivity contribution in [3.05, 3.63) is 23.2 Å². The van der Waals surface area contributed by atoms with Crippen LogP contribution in [0.5, 0.6) is 0 Å². The molecule has 1 heterocycles. The van der Waals surface area contributed by atoms with Gasteiger partial charge in [0, 0.05) is 13.1 Å². The lowest BCUT2D eigenvalue weighted by Gasteiger charge is -2.45. The number of rotatable bonds is 3. The van der Waals surface area contributed by atoms with E-state index in [1.807, 2.05) is 6.92 Å². The summed E-state index contributed by atoms with van der Waals surface area (Å²) in [7, 11) is -3.73. The summed E-state index contributed by atoms with van der Waals surface area (Å²) in [6.45, 7) is 1.97. The van der Waals surface area contributed by atoms with Crippen LogP contribution in [0.4, 0.5) is 5.69 Å². The molecule has 1 aromatic rings. The summed E-state index contributed by atoms with van der Waals surface area (Å²) in [5.41, 5.74) is 4.86. The van der Waals surface area contributed by atoms with E-state index < -0.39 is 15.6 Å². The van der Waals surface area contributed by atoms with E-state index in [1.54, 1.807) is 6.07 Å². The minimum absolute atomic E-state index is 0.0789. The van der Waals surface area contributed by atoms with Crippen molar-refractivity contribution in [2.24, 2.45) is 0 Å². The fraction of sp³-hybridized carbons (Fsp3) is 0.455. The van der Waals surface area contributed by atoms with Gasteiger partial charge in [-0.25, -0.2) is 8.42 Å². The number of nitrogens with zero attached hydrogens (tertiary/aromatic N) is 1. The van der Waals surface area contributed by atoms with Gasteiger partial charge in [-0.1, -0.05) is 24.6 Å². The first-order valence-corrected chi connectivity index (χ1v) is 7.38. The number of β-amino-alcohol motifs (C(OH)–C–C–N with tert-alkyl or cyclic N) is 1. The molecule has 2 rings (SSSR count). The third kappa shape index (κ3) is 2.09. The van der Waals surface area contributed by atoms with Gasteiger partial charge in [-0.3, -0.25) is 0 Å². The molecule has 18 heavy (non-hydrogen) atoms. The number of anilines is 1. The van der Waals surface area contributed by atoms with E-state index in [0.717, 1.165) is 0 Å². The highest BCUT2D eigenvalue weighted by atomic mass is 35.5. The monoisotopic (exact) mass is 290 g/mol. The highest BCUT2D eigenvalue weighted by Crippen LogP contribution is 2.35. The highest BCUT2D eigenvalue weighted by Gasteiger charge is 2.46. The Hall–Kier alpha value is -0.820. The van der Waals surface area contributed by atoms with Gasteiger partial charge in [-0.05, 0) is 18.6 Å². The maximum absolute atomic E-state index is 12.3. The first-order chi connectivity index (χ1) is 8.30. The van der Waals surface area contributed by atoms with Crippen LogP contribution in [0.2, 0.25) is 5.02 Å². The largest absolute Gasteiger partial charge is 0.398 e. The second-order valence-corrected chi connectivity index (χ2v) is 6.79. The summed E-state index contributed by atoms with van der Waals surface area (Å²) in [6, 6.07) is 4.57. The summed E-state index contributed by atoms with van der Waals surface area (Å²) in [6.07, 6.45) is 0.511. The number of nitrogens with two attached hydrogens (primary N) is 1.